The zero-order valence-electron chi connectivity index (χ0n) is 14.3. The first-order valence-corrected chi connectivity index (χ1v) is 8.58. The molecule has 124 valence electrons. The van der Waals surface area contributed by atoms with Crippen molar-refractivity contribution in [2.45, 2.75) is 13.5 Å². The number of nitrogens with zero attached hydrogens (tertiary/aromatic N) is 3. The summed E-state index contributed by atoms with van der Waals surface area (Å²) in [6.07, 6.45) is 5.98. The smallest absolute Gasteiger partial charge is 0.0488 e. The fourth-order valence-electron chi connectivity index (χ4n) is 2.81. The fourth-order valence-corrected chi connectivity index (χ4v) is 2.81. The van der Waals surface area contributed by atoms with Gasteiger partial charge in [0.1, 0.15) is 0 Å². The van der Waals surface area contributed by atoms with Crippen LogP contribution >= 0.6 is 0 Å². The van der Waals surface area contributed by atoms with Gasteiger partial charge in [-0.15, -0.1) is 0 Å². The van der Waals surface area contributed by atoms with Crippen LogP contribution in [0.4, 0.5) is 0 Å². The number of hydrogen-bond donors (Lipinski definition) is 0. The summed E-state index contributed by atoms with van der Waals surface area (Å²) in [6, 6.07) is 19.1. The van der Waals surface area contributed by atoms with Gasteiger partial charge in [-0.3, -0.25) is 9.91 Å². The molecule has 2 aromatic rings. The molecule has 0 bridgehead atoms. The molecule has 0 amide bonds. The van der Waals surface area contributed by atoms with Gasteiger partial charge < -0.3 is 0 Å². The van der Waals surface area contributed by atoms with Crippen LogP contribution in [0.2, 0.25) is 0 Å². The normalized spacial score (nSPS) is 16.3. The highest BCUT2D eigenvalue weighted by Gasteiger charge is 2.14. The minimum atomic E-state index is 0.988. The van der Waals surface area contributed by atoms with Gasteiger partial charge in [0, 0.05) is 38.9 Å². The third-order valence-electron chi connectivity index (χ3n) is 4.28. The molecular formula is C21H25N3. The van der Waals surface area contributed by atoms with Gasteiger partial charge in [0.2, 0.25) is 0 Å². The number of rotatable bonds is 5. The topological polar surface area (TPSA) is 18.8 Å². The first-order chi connectivity index (χ1) is 11.8. The molecule has 3 rings (SSSR count). The van der Waals surface area contributed by atoms with E-state index in [2.05, 4.69) is 64.4 Å². The zero-order valence-corrected chi connectivity index (χ0v) is 14.3. The van der Waals surface area contributed by atoms with Gasteiger partial charge >= 0.3 is 0 Å². The van der Waals surface area contributed by atoms with Crippen molar-refractivity contribution in [2.24, 2.45) is 5.10 Å². The van der Waals surface area contributed by atoms with E-state index >= 15 is 0 Å². The van der Waals surface area contributed by atoms with Crippen molar-refractivity contribution in [3.05, 3.63) is 77.4 Å². The van der Waals surface area contributed by atoms with Crippen LogP contribution in [0, 0.1) is 6.92 Å². The van der Waals surface area contributed by atoms with Gasteiger partial charge in [-0.25, -0.2) is 0 Å². The van der Waals surface area contributed by atoms with Crippen LogP contribution in [0.15, 0.2) is 65.8 Å². The Morgan fingerprint density at radius 2 is 1.62 bits per heavy atom. The maximum Gasteiger partial charge on any atom is 0.0488 e. The number of benzene rings is 2. The van der Waals surface area contributed by atoms with Gasteiger partial charge in [-0.2, -0.15) is 5.10 Å². The lowest BCUT2D eigenvalue weighted by Crippen LogP contribution is -2.43. The summed E-state index contributed by atoms with van der Waals surface area (Å²) in [5.74, 6) is 0. The third kappa shape index (κ3) is 5.07. The van der Waals surface area contributed by atoms with Crippen LogP contribution in [0.1, 0.15) is 16.7 Å². The predicted octanol–water partition coefficient (Wildman–Crippen LogP) is 3.81. The molecule has 24 heavy (non-hydrogen) atoms. The van der Waals surface area contributed by atoms with Gasteiger partial charge in [0.15, 0.2) is 0 Å². The Morgan fingerprint density at radius 3 is 2.33 bits per heavy atom. The standard InChI is InChI=1S/C21H25N3/c1-19-9-11-21(12-10-19)18-23-14-16-24(17-15-23)22-13-5-8-20-6-3-2-4-7-20/h2-13H,14-18H2,1H3/b8-5+,22-13-. The molecule has 1 aliphatic heterocycles. The molecule has 0 saturated carbocycles. The minimum Gasteiger partial charge on any atom is -0.295 e. The highest BCUT2D eigenvalue weighted by atomic mass is 15.5. The Kier molecular flexibility index (Phi) is 5.80. The molecule has 0 atom stereocenters. The molecule has 1 saturated heterocycles. The van der Waals surface area contributed by atoms with Crippen LogP contribution < -0.4 is 0 Å². The summed E-state index contributed by atoms with van der Waals surface area (Å²) < 4.78 is 0. The summed E-state index contributed by atoms with van der Waals surface area (Å²) in [6.45, 7) is 7.27. The molecule has 1 heterocycles. The lowest BCUT2D eigenvalue weighted by Gasteiger charge is -2.33. The molecule has 2 aromatic carbocycles. The van der Waals surface area contributed by atoms with Crippen LogP contribution in [0.3, 0.4) is 0 Å². The van der Waals surface area contributed by atoms with Gasteiger partial charge in [-0.05, 0) is 24.1 Å². The van der Waals surface area contributed by atoms with Gasteiger partial charge in [0.05, 0.1) is 0 Å². The van der Waals surface area contributed by atoms with Crippen LogP contribution in [0.5, 0.6) is 0 Å². The first-order valence-electron chi connectivity index (χ1n) is 8.58. The second-order valence-electron chi connectivity index (χ2n) is 6.25. The van der Waals surface area contributed by atoms with E-state index in [-0.39, 0.29) is 0 Å². The van der Waals surface area contributed by atoms with Crippen molar-refractivity contribution in [3.8, 4) is 0 Å². The SMILES string of the molecule is Cc1ccc(CN2CCN(/N=C\C=C\c3ccccc3)CC2)cc1. The summed E-state index contributed by atoms with van der Waals surface area (Å²) in [5, 5.41) is 6.70. The monoisotopic (exact) mass is 319 g/mol. The largest absolute Gasteiger partial charge is 0.295 e. The molecule has 0 spiro atoms. The highest BCUT2D eigenvalue weighted by Crippen LogP contribution is 2.10. The van der Waals surface area contributed by atoms with Crippen LogP contribution in [-0.2, 0) is 6.54 Å². The van der Waals surface area contributed by atoms with Crippen molar-refractivity contribution in [1.82, 2.24) is 9.91 Å². The Morgan fingerprint density at radius 1 is 0.917 bits per heavy atom. The molecule has 0 aromatic heterocycles. The average molecular weight is 319 g/mol. The fraction of sp³-hybridized carbons (Fsp3) is 0.286. The quantitative estimate of drug-likeness (QED) is 0.780. The lowest BCUT2D eigenvalue weighted by atomic mass is 10.1. The summed E-state index contributed by atoms with van der Waals surface area (Å²) in [7, 11) is 0. The number of aryl methyl sites for hydroxylation is 1. The molecule has 0 unspecified atom stereocenters. The Balaban J connectivity index is 1.42. The molecule has 0 radical (unpaired) electrons. The number of allylic oxidation sites excluding steroid dienone is 1. The molecular weight excluding hydrogens is 294 g/mol. The number of hydrogen-bond acceptors (Lipinski definition) is 3. The molecule has 1 aliphatic rings. The van der Waals surface area contributed by atoms with Crippen molar-refractivity contribution in [2.75, 3.05) is 26.2 Å². The molecule has 3 heteroatoms. The summed E-state index contributed by atoms with van der Waals surface area (Å²) in [5.41, 5.74) is 3.91. The molecule has 1 fully saturated rings. The predicted molar refractivity (Wildman–Crippen MR) is 102 cm³/mol. The van der Waals surface area contributed by atoms with E-state index in [1.807, 2.05) is 30.5 Å². The van der Waals surface area contributed by atoms with Crippen molar-refractivity contribution < 1.29 is 0 Å². The Hall–Kier alpha value is -2.39. The minimum absolute atomic E-state index is 0.988. The highest BCUT2D eigenvalue weighted by molar-refractivity contribution is 5.77. The van der Waals surface area contributed by atoms with Gasteiger partial charge in [-0.1, -0.05) is 66.2 Å². The second kappa shape index (κ2) is 8.46. The number of piperazine rings is 1. The summed E-state index contributed by atoms with van der Waals surface area (Å²) >= 11 is 0. The van der Waals surface area contributed by atoms with Crippen molar-refractivity contribution in [3.63, 3.8) is 0 Å². The van der Waals surface area contributed by atoms with E-state index in [1.54, 1.807) is 0 Å². The Labute approximate surface area is 144 Å². The van der Waals surface area contributed by atoms with E-state index in [9.17, 15) is 0 Å². The first kappa shape index (κ1) is 16.5. The Bertz CT molecular complexity index is 666. The average Bonchev–Trinajstić information content (AvgIpc) is 2.63. The van der Waals surface area contributed by atoms with Crippen LogP contribution in [0.25, 0.3) is 6.08 Å². The van der Waals surface area contributed by atoms with E-state index < -0.39 is 0 Å². The maximum absolute atomic E-state index is 4.55. The lowest BCUT2D eigenvalue weighted by molar-refractivity contribution is 0.131. The third-order valence-corrected chi connectivity index (χ3v) is 4.28. The molecule has 3 nitrogen and oxygen atoms in total. The van der Waals surface area contributed by atoms with E-state index in [1.165, 1.54) is 16.7 Å². The molecule has 0 N–H and O–H groups in total. The zero-order chi connectivity index (χ0) is 16.6. The molecule has 0 aliphatic carbocycles. The van der Waals surface area contributed by atoms with E-state index in [0.29, 0.717) is 0 Å². The summed E-state index contributed by atoms with van der Waals surface area (Å²) in [4.78, 5) is 2.50. The van der Waals surface area contributed by atoms with E-state index in [0.717, 1.165) is 32.7 Å². The van der Waals surface area contributed by atoms with Crippen molar-refractivity contribution >= 4 is 12.3 Å². The van der Waals surface area contributed by atoms with Gasteiger partial charge in [0.25, 0.3) is 0 Å². The van der Waals surface area contributed by atoms with Crippen LogP contribution in [-0.4, -0.2) is 42.3 Å². The number of hydrazone groups is 1. The maximum atomic E-state index is 4.55. The van der Waals surface area contributed by atoms with E-state index in [4.69, 9.17) is 0 Å². The van der Waals surface area contributed by atoms with Crippen molar-refractivity contribution in [1.29, 1.82) is 0 Å². The second-order valence-corrected chi connectivity index (χ2v) is 6.25.